The summed E-state index contributed by atoms with van der Waals surface area (Å²) in [6.07, 6.45) is 5.41. The van der Waals surface area contributed by atoms with E-state index in [-0.39, 0.29) is 11.7 Å². The Kier molecular flexibility index (Phi) is 4.71. The highest BCUT2D eigenvalue weighted by Gasteiger charge is 2.25. The molecule has 0 atom stereocenters. The number of imidazole rings is 1. The summed E-state index contributed by atoms with van der Waals surface area (Å²) in [6, 6.07) is 11.8. The highest BCUT2D eigenvalue weighted by atomic mass is 19.1. The van der Waals surface area contributed by atoms with Gasteiger partial charge in [-0.25, -0.2) is 14.4 Å². The lowest BCUT2D eigenvalue weighted by molar-refractivity contribution is 0.0712. The smallest absolute Gasteiger partial charge is 0.253 e. The minimum Gasteiger partial charge on any atom is -0.339 e. The lowest BCUT2D eigenvalue weighted by Crippen LogP contribution is -2.38. The number of benzene rings is 1. The number of hydrogen-bond donors (Lipinski definition) is 0. The first-order valence-electron chi connectivity index (χ1n) is 9.14. The molecule has 27 heavy (non-hydrogen) atoms. The van der Waals surface area contributed by atoms with Gasteiger partial charge in [-0.3, -0.25) is 9.36 Å². The fourth-order valence-corrected chi connectivity index (χ4v) is 3.57. The van der Waals surface area contributed by atoms with Crippen LogP contribution in [0.5, 0.6) is 0 Å². The number of hydrogen-bond acceptors (Lipinski definition) is 3. The molecule has 1 aromatic carbocycles. The number of carbonyl (C=O) groups excluding carboxylic acids is 1. The Morgan fingerprint density at radius 2 is 1.85 bits per heavy atom. The monoisotopic (exact) mass is 364 g/mol. The van der Waals surface area contributed by atoms with E-state index in [4.69, 9.17) is 4.98 Å². The summed E-state index contributed by atoms with van der Waals surface area (Å²) >= 11 is 0. The molecule has 0 spiro atoms. The zero-order chi connectivity index (χ0) is 18.8. The van der Waals surface area contributed by atoms with Gasteiger partial charge in [0, 0.05) is 42.7 Å². The molecule has 1 fully saturated rings. The van der Waals surface area contributed by atoms with Crippen LogP contribution in [0.15, 0.2) is 54.9 Å². The average Bonchev–Trinajstić information content (AvgIpc) is 3.14. The number of amides is 1. The van der Waals surface area contributed by atoms with E-state index in [1.165, 1.54) is 12.1 Å². The average molecular weight is 364 g/mol. The molecule has 0 aliphatic carbocycles. The van der Waals surface area contributed by atoms with Gasteiger partial charge in [0.2, 0.25) is 0 Å². The summed E-state index contributed by atoms with van der Waals surface area (Å²) in [5, 5.41) is 0. The molecule has 0 unspecified atom stereocenters. The van der Waals surface area contributed by atoms with Gasteiger partial charge in [0.15, 0.2) is 0 Å². The molecule has 3 aromatic rings. The Morgan fingerprint density at radius 1 is 1.11 bits per heavy atom. The van der Waals surface area contributed by atoms with Crippen molar-refractivity contribution in [1.82, 2.24) is 19.4 Å². The van der Waals surface area contributed by atoms with Crippen LogP contribution in [0.3, 0.4) is 0 Å². The SMILES string of the molecule is Cc1nccn1-c1cccc(C2CCN(C(=O)c3ccc(F)cc3)CC2)n1. The Bertz CT molecular complexity index is 943. The van der Waals surface area contributed by atoms with Crippen molar-refractivity contribution in [2.24, 2.45) is 0 Å². The first-order valence-corrected chi connectivity index (χ1v) is 9.14. The van der Waals surface area contributed by atoms with Crippen LogP contribution in [0.1, 0.15) is 40.6 Å². The maximum Gasteiger partial charge on any atom is 0.253 e. The van der Waals surface area contributed by atoms with Crippen LogP contribution in [0.25, 0.3) is 5.82 Å². The van der Waals surface area contributed by atoms with Crippen LogP contribution in [0.2, 0.25) is 0 Å². The lowest BCUT2D eigenvalue weighted by atomic mass is 9.92. The maximum atomic E-state index is 13.1. The van der Waals surface area contributed by atoms with E-state index >= 15 is 0 Å². The summed E-state index contributed by atoms with van der Waals surface area (Å²) < 4.78 is 15.0. The van der Waals surface area contributed by atoms with E-state index in [9.17, 15) is 9.18 Å². The van der Waals surface area contributed by atoms with E-state index in [1.54, 1.807) is 18.3 Å². The summed E-state index contributed by atoms with van der Waals surface area (Å²) in [5.41, 5.74) is 1.58. The molecule has 2 aromatic heterocycles. The minimum absolute atomic E-state index is 0.0378. The normalized spacial score (nSPS) is 15.1. The van der Waals surface area contributed by atoms with Gasteiger partial charge in [0.1, 0.15) is 17.5 Å². The van der Waals surface area contributed by atoms with Crippen molar-refractivity contribution in [1.29, 1.82) is 0 Å². The second-order valence-electron chi connectivity index (χ2n) is 6.84. The van der Waals surface area contributed by atoms with E-state index in [2.05, 4.69) is 11.1 Å². The number of rotatable bonds is 3. The van der Waals surface area contributed by atoms with E-state index < -0.39 is 0 Å². The maximum absolute atomic E-state index is 13.1. The first kappa shape index (κ1) is 17.4. The van der Waals surface area contributed by atoms with Gasteiger partial charge in [0.25, 0.3) is 5.91 Å². The second kappa shape index (κ2) is 7.31. The summed E-state index contributed by atoms with van der Waals surface area (Å²) in [5.74, 6) is 1.73. The molecular formula is C21H21FN4O. The molecule has 1 aliphatic rings. The molecule has 0 radical (unpaired) electrons. The van der Waals surface area contributed by atoms with Gasteiger partial charge in [-0.15, -0.1) is 0 Å². The van der Waals surface area contributed by atoms with Crippen LogP contribution >= 0.6 is 0 Å². The van der Waals surface area contributed by atoms with Crippen molar-refractivity contribution in [3.63, 3.8) is 0 Å². The quantitative estimate of drug-likeness (QED) is 0.711. The summed E-state index contributed by atoms with van der Waals surface area (Å²) in [4.78, 5) is 23.5. The van der Waals surface area contributed by atoms with E-state index in [1.807, 2.05) is 34.7 Å². The molecule has 6 heteroatoms. The molecular weight excluding hydrogens is 343 g/mol. The number of aromatic nitrogens is 3. The number of carbonyl (C=O) groups is 1. The number of pyridine rings is 1. The molecule has 5 nitrogen and oxygen atoms in total. The van der Waals surface area contributed by atoms with E-state index in [0.717, 1.165) is 30.2 Å². The Labute approximate surface area is 157 Å². The Hall–Kier alpha value is -3.02. The number of piperidine rings is 1. The highest BCUT2D eigenvalue weighted by molar-refractivity contribution is 5.94. The van der Waals surface area contributed by atoms with E-state index in [0.29, 0.717) is 24.6 Å². The topological polar surface area (TPSA) is 51.0 Å². The van der Waals surface area contributed by atoms with Crippen molar-refractivity contribution in [3.8, 4) is 5.82 Å². The minimum atomic E-state index is -0.329. The molecule has 3 heterocycles. The third kappa shape index (κ3) is 3.60. The van der Waals surface area contributed by atoms with Gasteiger partial charge < -0.3 is 4.90 Å². The van der Waals surface area contributed by atoms with Gasteiger partial charge in [0.05, 0.1) is 0 Å². The number of likely N-dealkylation sites (tertiary alicyclic amines) is 1. The third-order valence-electron chi connectivity index (χ3n) is 5.12. The summed E-state index contributed by atoms with van der Waals surface area (Å²) in [6.45, 7) is 3.31. The molecule has 1 amide bonds. The fourth-order valence-electron chi connectivity index (χ4n) is 3.57. The van der Waals surface area contributed by atoms with Crippen LogP contribution in [0.4, 0.5) is 4.39 Å². The van der Waals surface area contributed by atoms with Gasteiger partial charge in [-0.05, 0) is 56.2 Å². The fraction of sp³-hybridized carbons (Fsp3) is 0.286. The number of aryl methyl sites for hydroxylation is 1. The van der Waals surface area contributed by atoms with Gasteiger partial charge in [-0.1, -0.05) is 6.07 Å². The van der Waals surface area contributed by atoms with Crippen molar-refractivity contribution >= 4 is 5.91 Å². The molecule has 4 rings (SSSR count). The Balaban J connectivity index is 1.44. The summed E-state index contributed by atoms with van der Waals surface area (Å²) in [7, 11) is 0. The molecule has 0 saturated carbocycles. The predicted octanol–water partition coefficient (Wildman–Crippen LogP) is 3.73. The molecule has 1 saturated heterocycles. The zero-order valence-electron chi connectivity index (χ0n) is 15.2. The van der Waals surface area contributed by atoms with Crippen molar-refractivity contribution in [2.75, 3.05) is 13.1 Å². The zero-order valence-corrected chi connectivity index (χ0v) is 15.2. The largest absolute Gasteiger partial charge is 0.339 e. The van der Waals surface area contributed by atoms with Gasteiger partial charge in [-0.2, -0.15) is 0 Å². The predicted molar refractivity (Wildman–Crippen MR) is 100 cm³/mol. The standard InChI is InChI=1S/C21H21FN4O/c1-15-23-11-14-26(15)20-4-2-3-19(24-20)16-9-12-25(13-10-16)21(27)17-5-7-18(22)8-6-17/h2-8,11,14,16H,9-10,12-13H2,1H3. The van der Waals surface area contributed by atoms with Crippen LogP contribution in [-0.4, -0.2) is 38.4 Å². The highest BCUT2D eigenvalue weighted by Crippen LogP contribution is 2.28. The van der Waals surface area contributed by atoms with Crippen molar-refractivity contribution in [3.05, 3.63) is 77.8 Å². The van der Waals surface area contributed by atoms with Crippen LogP contribution < -0.4 is 0 Å². The van der Waals surface area contributed by atoms with Crippen LogP contribution in [0, 0.1) is 12.7 Å². The van der Waals surface area contributed by atoms with Gasteiger partial charge >= 0.3 is 0 Å². The molecule has 1 aliphatic heterocycles. The second-order valence-corrected chi connectivity index (χ2v) is 6.84. The number of halogens is 1. The van der Waals surface area contributed by atoms with Crippen LogP contribution in [-0.2, 0) is 0 Å². The van der Waals surface area contributed by atoms with Crippen molar-refractivity contribution < 1.29 is 9.18 Å². The first-order chi connectivity index (χ1) is 13.1. The Morgan fingerprint density at radius 3 is 2.52 bits per heavy atom. The molecule has 0 N–H and O–H groups in total. The number of nitrogens with zero attached hydrogens (tertiary/aromatic N) is 4. The molecule has 138 valence electrons. The third-order valence-corrected chi connectivity index (χ3v) is 5.12. The lowest BCUT2D eigenvalue weighted by Gasteiger charge is -2.32. The molecule has 0 bridgehead atoms. The van der Waals surface area contributed by atoms with Crippen molar-refractivity contribution in [2.45, 2.75) is 25.7 Å².